The van der Waals surface area contributed by atoms with Gasteiger partial charge in [0.15, 0.2) is 0 Å². The fourth-order valence-electron chi connectivity index (χ4n) is 2.55. The minimum atomic E-state index is -0.673. The summed E-state index contributed by atoms with van der Waals surface area (Å²) in [5, 5.41) is 25.4. The van der Waals surface area contributed by atoms with E-state index in [4.69, 9.17) is 16.3 Å². The molecule has 0 aliphatic heterocycles. The molecule has 0 saturated carbocycles. The smallest absolute Gasteiger partial charge is 0.288 e. The second-order valence-corrected chi connectivity index (χ2v) is 6.81. The standard InChI is InChI=1S/C21H15ClN4O6/c22-19-10-5-16(11-20(19)26(30)31)21(27)24-23-12-14-3-8-18(9-4-14)32-13-15-1-6-17(7-2-15)25(28)29/h1-12H,13H2,(H,24,27)/b23-12-. The maximum absolute atomic E-state index is 12.1. The van der Waals surface area contributed by atoms with Crippen LogP contribution < -0.4 is 10.2 Å². The minimum Gasteiger partial charge on any atom is -0.489 e. The van der Waals surface area contributed by atoms with Gasteiger partial charge in [0.1, 0.15) is 17.4 Å². The first-order valence-corrected chi connectivity index (χ1v) is 9.45. The molecule has 0 aromatic heterocycles. The molecule has 0 aliphatic carbocycles. The van der Waals surface area contributed by atoms with Gasteiger partial charge < -0.3 is 4.74 Å². The van der Waals surface area contributed by atoms with Crippen LogP contribution in [0.4, 0.5) is 11.4 Å². The Morgan fingerprint density at radius 2 is 1.69 bits per heavy atom. The number of rotatable bonds is 8. The summed E-state index contributed by atoms with van der Waals surface area (Å²) in [5.74, 6) is -0.0397. The maximum Gasteiger partial charge on any atom is 0.288 e. The number of benzene rings is 3. The van der Waals surface area contributed by atoms with Crippen molar-refractivity contribution in [2.45, 2.75) is 6.61 Å². The van der Waals surface area contributed by atoms with E-state index >= 15 is 0 Å². The van der Waals surface area contributed by atoms with Crippen molar-refractivity contribution in [1.29, 1.82) is 0 Å². The highest BCUT2D eigenvalue weighted by Crippen LogP contribution is 2.25. The van der Waals surface area contributed by atoms with Gasteiger partial charge >= 0.3 is 0 Å². The van der Waals surface area contributed by atoms with Gasteiger partial charge in [-0.1, -0.05) is 11.6 Å². The lowest BCUT2D eigenvalue weighted by Gasteiger charge is -2.06. The topological polar surface area (TPSA) is 137 Å². The van der Waals surface area contributed by atoms with Crippen LogP contribution in [-0.2, 0) is 6.61 Å². The molecule has 0 atom stereocenters. The highest BCUT2D eigenvalue weighted by atomic mass is 35.5. The highest BCUT2D eigenvalue weighted by Gasteiger charge is 2.15. The summed E-state index contributed by atoms with van der Waals surface area (Å²) in [6.07, 6.45) is 1.41. The van der Waals surface area contributed by atoms with E-state index in [-0.39, 0.29) is 28.6 Å². The predicted molar refractivity (Wildman–Crippen MR) is 117 cm³/mol. The Morgan fingerprint density at radius 3 is 2.31 bits per heavy atom. The predicted octanol–water partition coefficient (Wildman–Crippen LogP) is 4.50. The average Bonchev–Trinajstić information content (AvgIpc) is 2.78. The lowest BCUT2D eigenvalue weighted by molar-refractivity contribution is -0.385. The SMILES string of the molecule is O=C(N/N=C\c1ccc(OCc2ccc([N+](=O)[O-])cc2)cc1)c1ccc(Cl)c([N+](=O)[O-])c1. The van der Waals surface area contributed by atoms with E-state index < -0.39 is 15.8 Å². The van der Waals surface area contributed by atoms with E-state index in [0.717, 1.165) is 11.6 Å². The monoisotopic (exact) mass is 454 g/mol. The molecule has 0 bridgehead atoms. The normalized spacial score (nSPS) is 10.7. The molecule has 0 spiro atoms. The number of nitrogens with one attached hydrogen (secondary N) is 1. The van der Waals surface area contributed by atoms with Crippen LogP contribution in [0.2, 0.25) is 5.02 Å². The van der Waals surface area contributed by atoms with Crippen LogP contribution in [0, 0.1) is 20.2 Å². The van der Waals surface area contributed by atoms with E-state index in [1.807, 2.05) is 0 Å². The van der Waals surface area contributed by atoms with Crippen molar-refractivity contribution in [3.63, 3.8) is 0 Å². The molecule has 3 aromatic carbocycles. The Balaban J connectivity index is 1.54. The Morgan fingerprint density at radius 1 is 1.00 bits per heavy atom. The number of hydrogen-bond acceptors (Lipinski definition) is 7. The first-order valence-electron chi connectivity index (χ1n) is 9.07. The number of carbonyl (C=O) groups excluding carboxylic acids is 1. The molecule has 0 unspecified atom stereocenters. The van der Waals surface area contributed by atoms with Crippen molar-refractivity contribution in [1.82, 2.24) is 5.43 Å². The van der Waals surface area contributed by atoms with Crippen LogP contribution in [0.15, 0.2) is 71.8 Å². The zero-order valence-corrected chi connectivity index (χ0v) is 17.1. The fourth-order valence-corrected chi connectivity index (χ4v) is 2.74. The van der Waals surface area contributed by atoms with E-state index in [9.17, 15) is 25.0 Å². The molecule has 162 valence electrons. The Bertz CT molecular complexity index is 1180. The number of hydrazone groups is 1. The van der Waals surface area contributed by atoms with Gasteiger partial charge in [-0.2, -0.15) is 5.10 Å². The van der Waals surface area contributed by atoms with Crippen LogP contribution in [0.3, 0.4) is 0 Å². The third-order valence-corrected chi connectivity index (χ3v) is 4.54. The molecule has 11 heteroatoms. The van der Waals surface area contributed by atoms with Crippen molar-refractivity contribution in [3.05, 3.63) is 109 Å². The number of amides is 1. The first-order chi connectivity index (χ1) is 15.3. The molecular weight excluding hydrogens is 440 g/mol. The third-order valence-electron chi connectivity index (χ3n) is 4.22. The Hall–Kier alpha value is -4.31. The van der Waals surface area contributed by atoms with E-state index in [2.05, 4.69) is 10.5 Å². The fraction of sp³-hybridized carbons (Fsp3) is 0.0476. The molecule has 32 heavy (non-hydrogen) atoms. The minimum absolute atomic E-state index is 0.0127. The second-order valence-electron chi connectivity index (χ2n) is 6.40. The van der Waals surface area contributed by atoms with Gasteiger partial charge in [-0.3, -0.25) is 25.0 Å². The van der Waals surface area contributed by atoms with E-state index in [1.165, 1.54) is 30.5 Å². The maximum atomic E-state index is 12.1. The van der Waals surface area contributed by atoms with Crippen molar-refractivity contribution in [2.24, 2.45) is 5.10 Å². The molecule has 3 rings (SSSR count). The summed E-state index contributed by atoms with van der Waals surface area (Å²) in [5.41, 5.74) is 3.45. The highest BCUT2D eigenvalue weighted by molar-refractivity contribution is 6.32. The summed E-state index contributed by atoms with van der Waals surface area (Å²) in [6.45, 7) is 0.245. The number of hydrogen-bond donors (Lipinski definition) is 1. The number of non-ortho nitro benzene ring substituents is 1. The van der Waals surface area contributed by atoms with Crippen LogP contribution in [-0.4, -0.2) is 22.0 Å². The number of ether oxygens (including phenoxy) is 1. The quantitative estimate of drug-likeness (QED) is 0.302. The summed E-state index contributed by atoms with van der Waals surface area (Å²) >= 11 is 5.73. The zero-order chi connectivity index (χ0) is 23.1. The van der Waals surface area contributed by atoms with Crippen LogP contribution in [0.1, 0.15) is 21.5 Å². The average molecular weight is 455 g/mol. The molecular formula is C21H15ClN4O6. The van der Waals surface area contributed by atoms with Crippen molar-refractivity contribution < 1.29 is 19.4 Å². The van der Waals surface area contributed by atoms with Gasteiger partial charge in [0.25, 0.3) is 17.3 Å². The van der Waals surface area contributed by atoms with Crippen molar-refractivity contribution in [3.8, 4) is 5.75 Å². The molecule has 10 nitrogen and oxygen atoms in total. The zero-order valence-electron chi connectivity index (χ0n) is 16.3. The molecule has 0 fully saturated rings. The lowest BCUT2D eigenvalue weighted by atomic mass is 10.2. The van der Waals surface area contributed by atoms with Gasteiger partial charge in [0.05, 0.1) is 16.1 Å². The van der Waals surface area contributed by atoms with Crippen LogP contribution >= 0.6 is 11.6 Å². The van der Waals surface area contributed by atoms with Gasteiger partial charge in [0.2, 0.25) is 0 Å². The number of halogens is 1. The van der Waals surface area contributed by atoms with Crippen molar-refractivity contribution >= 4 is 35.1 Å². The molecule has 0 heterocycles. The van der Waals surface area contributed by atoms with Gasteiger partial charge in [0, 0.05) is 23.8 Å². The molecule has 0 saturated heterocycles. The number of carbonyl (C=O) groups is 1. The summed E-state index contributed by atoms with van der Waals surface area (Å²) in [7, 11) is 0. The Labute approximate surface area is 186 Å². The second kappa shape index (κ2) is 10.1. The molecule has 3 aromatic rings. The largest absolute Gasteiger partial charge is 0.489 e. The first kappa shape index (κ1) is 22.4. The molecule has 1 N–H and O–H groups in total. The summed E-state index contributed by atoms with van der Waals surface area (Å²) in [6, 6.07) is 16.6. The molecule has 0 radical (unpaired) electrons. The van der Waals surface area contributed by atoms with Crippen LogP contribution in [0.5, 0.6) is 5.75 Å². The summed E-state index contributed by atoms with van der Waals surface area (Å²) < 4.78 is 5.64. The van der Waals surface area contributed by atoms with Gasteiger partial charge in [-0.15, -0.1) is 0 Å². The van der Waals surface area contributed by atoms with Crippen molar-refractivity contribution in [2.75, 3.05) is 0 Å². The number of nitro groups is 2. The third kappa shape index (κ3) is 5.86. The number of nitro benzene ring substituents is 2. The number of nitrogens with zero attached hydrogens (tertiary/aromatic N) is 3. The lowest BCUT2D eigenvalue weighted by Crippen LogP contribution is -2.17. The Kier molecular flexibility index (Phi) is 7.09. The van der Waals surface area contributed by atoms with E-state index in [0.29, 0.717) is 11.3 Å². The molecule has 0 aliphatic rings. The molecule has 1 amide bonds. The van der Waals surface area contributed by atoms with E-state index in [1.54, 1.807) is 36.4 Å². The van der Waals surface area contributed by atoms with Gasteiger partial charge in [-0.05, 0) is 59.7 Å². The van der Waals surface area contributed by atoms with Gasteiger partial charge in [-0.25, -0.2) is 5.43 Å². The summed E-state index contributed by atoms with van der Waals surface area (Å²) in [4.78, 5) is 32.5. The van der Waals surface area contributed by atoms with Crippen LogP contribution in [0.25, 0.3) is 0 Å².